The van der Waals surface area contributed by atoms with Crippen molar-refractivity contribution < 1.29 is 18.3 Å². The van der Waals surface area contributed by atoms with Crippen molar-refractivity contribution in [3.63, 3.8) is 0 Å². The average molecular weight is 334 g/mol. The summed E-state index contributed by atoms with van der Waals surface area (Å²) in [6, 6.07) is 5.82. The lowest BCUT2D eigenvalue weighted by Gasteiger charge is -2.41. The summed E-state index contributed by atoms with van der Waals surface area (Å²) in [5, 5.41) is 3.64. The van der Waals surface area contributed by atoms with E-state index in [-0.39, 0.29) is 17.2 Å². The first-order valence-electron chi connectivity index (χ1n) is 5.98. The van der Waals surface area contributed by atoms with Gasteiger partial charge in [-0.1, -0.05) is 22.0 Å². The first kappa shape index (κ1) is 14.2. The minimum atomic E-state index is -2.89. The zero-order chi connectivity index (χ0) is 13.9. The number of carbonyl (C=O) groups is 1. The molecule has 0 saturated heterocycles. The third kappa shape index (κ3) is 3.43. The fourth-order valence-corrected chi connectivity index (χ4v) is 2.72. The van der Waals surface area contributed by atoms with Gasteiger partial charge in [0.1, 0.15) is 5.75 Å². The predicted octanol–water partition coefficient (Wildman–Crippen LogP) is 3.34. The molecule has 1 aromatic rings. The second-order valence-electron chi connectivity index (χ2n) is 4.63. The van der Waals surface area contributed by atoms with Crippen LogP contribution in [0, 0.1) is 0 Å². The molecule has 0 aromatic heterocycles. The quantitative estimate of drug-likeness (QED) is 0.839. The Bertz CT molecular complexity index is 458. The molecule has 0 spiro atoms. The fourth-order valence-electron chi connectivity index (χ4n) is 2.02. The van der Waals surface area contributed by atoms with Crippen LogP contribution in [-0.4, -0.2) is 23.4 Å². The Morgan fingerprint density at radius 2 is 2.21 bits per heavy atom. The van der Waals surface area contributed by atoms with Crippen molar-refractivity contribution in [2.45, 2.75) is 31.4 Å². The van der Waals surface area contributed by atoms with Crippen molar-refractivity contribution in [2.24, 2.45) is 0 Å². The molecule has 1 aromatic carbocycles. The summed E-state index contributed by atoms with van der Waals surface area (Å²) < 4.78 is 28.5. The second-order valence-corrected chi connectivity index (χ2v) is 5.19. The van der Waals surface area contributed by atoms with Crippen LogP contribution in [0.25, 0.3) is 0 Å². The van der Waals surface area contributed by atoms with Crippen molar-refractivity contribution >= 4 is 21.8 Å². The van der Waals surface area contributed by atoms with Crippen LogP contribution in [0.15, 0.2) is 24.3 Å². The van der Waals surface area contributed by atoms with E-state index in [2.05, 4.69) is 26.0 Å². The molecule has 1 aliphatic rings. The molecule has 1 aliphatic carbocycles. The lowest BCUT2D eigenvalue weighted by molar-refractivity contribution is -0.0498. The highest BCUT2D eigenvalue weighted by Gasteiger charge is 2.37. The molecule has 2 rings (SSSR count). The molecule has 6 heteroatoms. The number of carbonyl (C=O) groups excluding carboxylic acids is 1. The third-order valence-electron chi connectivity index (χ3n) is 3.27. The number of alkyl halides is 3. The van der Waals surface area contributed by atoms with Crippen LogP contribution in [0.4, 0.5) is 8.78 Å². The van der Waals surface area contributed by atoms with Crippen molar-refractivity contribution in [2.75, 3.05) is 5.33 Å². The molecule has 0 bridgehead atoms. The number of benzene rings is 1. The summed E-state index contributed by atoms with van der Waals surface area (Å²) >= 11 is 3.39. The van der Waals surface area contributed by atoms with E-state index in [9.17, 15) is 13.6 Å². The summed E-state index contributed by atoms with van der Waals surface area (Å²) in [6.45, 7) is -2.89. The van der Waals surface area contributed by atoms with Gasteiger partial charge >= 0.3 is 6.61 Å². The molecular weight excluding hydrogens is 320 g/mol. The normalized spacial score (nSPS) is 16.8. The SMILES string of the molecule is O=C(NC1(CBr)CCC1)c1cccc(OC(F)F)c1. The van der Waals surface area contributed by atoms with Gasteiger partial charge in [-0.25, -0.2) is 0 Å². The maximum absolute atomic E-state index is 12.1. The summed E-state index contributed by atoms with van der Waals surface area (Å²) in [5.41, 5.74) is 0.127. The lowest BCUT2D eigenvalue weighted by Crippen LogP contribution is -2.54. The van der Waals surface area contributed by atoms with Gasteiger partial charge in [-0.2, -0.15) is 8.78 Å². The first-order valence-corrected chi connectivity index (χ1v) is 7.10. The van der Waals surface area contributed by atoms with Crippen LogP contribution < -0.4 is 10.1 Å². The largest absolute Gasteiger partial charge is 0.435 e. The van der Waals surface area contributed by atoms with E-state index in [1.807, 2.05) is 0 Å². The van der Waals surface area contributed by atoms with E-state index in [4.69, 9.17) is 0 Å². The van der Waals surface area contributed by atoms with Crippen molar-refractivity contribution in [3.8, 4) is 5.75 Å². The highest BCUT2D eigenvalue weighted by molar-refractivity contribution is 9.09. The summed E-state index contributed by atoms with van der Waals surface area (Å²) in [5.74, 6) is -0.275. The Kier molecular flexibility index (Phi) is 4.39. The summed E-state index contributed by atoms with van der Waals surface area (Å²) in [7, 11) is 0. The lowest BCUT2D eigenvalue weighted by atomic mass is 9.78. The molecule has 19 heavy (non-hydrogen) atoms. The summed E-state index contributed by atoms with van der Waals surface area (Å²) in [4.78, 5) is 12.1. The fraction of sp³-hybridized carbons (Fsp3) is 0.462. The Morgan fingerprint density at radius 3 is 2.74 bits per heavy atom. The minimum absolute atomic E-state index is 0.0100. The molecular formula is C13H14BrF2NO2. The number of amides is 1. The molecule has 0 atom stereocenters. The Labute approximate surface area is 118 Å². The number of halogens is 3. The third-order valence-corrected chi connectivity index (χ3v) is 4.34. The first-order chi connectivity index (χ1) is 9.04. The van der Waals surface area contributed by atoms with Crippen molar-refractivity contribution in [3.05, 3.63) is 29.8 Å². The number of hydrogen-bond acceptors (Lipinski definition) is 2. The van der Waals surface area contributed by atoms with Crippen molar-refractivity contribution in [1.29, 1.82) is 0 Å². The molecule has 104 valence electrons. The van der Waals surface area contributed by atoms with E-state index >= 15 is 0 Å². The number of ether oxygens (including phenoxy) is 1. The Hall–Kier alpha value is -1.17. The minimum Gasteiger partial charge on any atom is -0.435 e. The molecule has 3 nitrogen and oxygen atoms in total. The topological polar surface area (TPSA) is 38.3 Å². The van der Waals surface area contributed by atoms with Gasteiger partial charge in [0.05, 0.1) is 5.54 Å². The number of hydrogen-bond donors (Lipinski definition) is 1. The second kappa shape index (κ2) is 5.86. The maximum Gasteiger partial charge on any atom is 0.387 e. The van der Waals surface area contributed by atoms with Crippen LogP contribution in [0.1, 0.15) is 29.6 Å². The van der Waals surface area contributed by atoms with Gasteiger partial charge in [-0.3, -0.25) is 4.79 Å². The highest BCUT2D eigenvalue weighted by Crippen LogP contribution is 2.33. The Morgan fingerprint density at radius 1 is 1.47 bits per heavy atom. The molecule has 0 heterocycles. The van der Waals surface area contributed by atoms with Crippen LogP contribution >= 0.6 is 15.9 Å². The van der Waals surface area contributed by atoms with Gasteiger partial charge in [-0.05, 0) is 37.5 Å². The van der Waals surface area contributed by atoms with Gasteiger partial charge < -0.3 is 10.1 Å². The zero-order valence-corrected chi connectivity index (χ0v) is 11.8. The highest BCUT2D eigenvalue weighted by atomic mass is 79.9. The van der Waals surface area contributed by atoms with E-state index in [0.29, 0.717) is 10.9 Å². The van der Waals surface area contributed by atoms with Gasteiger partial charge in [0, 0.05) is 10.9 Å². The monoisotopic (exact) mass is 333 g/mol. The van der Waals surface area contributed by atoms with Gasteiger partial charge in [-0.15, -0.1) is 0 Å². The van der Waals surface area contributed by atoms with E-state index < -0.39 is 6.61 Å². The zero-order valence-electron chi connectivity index (χ0n) is 10.2. The predicted molar refractivity (Wildman–Crippen MR) is 70.9 cm³/mol. The summed E-state index contributed by atoms with van der Waals surface area (Å²) in [6.07, 6.45) is 2.94. The maximum atomic E-state index is 12.1. The van der Waals surface area contributed by atoms with E-state index in [0.717, 1.165) is 19.3 Å². The molecule has 1 saturated carbocycles. The van der Waals surface area contributed by atoms with Gasteiger partial charge in [0.15, 0.2) is 0 Å². The molecule has 0 radical (unpaired) electrons. The van der Waals surface area contributed by atoms with E-state index in [1.54, 1.807) is 6.07 Å². The molecule has 0 aliphatic heterocycles. The standard InChI is InChI=1S/C13H14BrF2NO2/c14-8-13(5-2-6-13)17-11(18)9-3-1-4-10(7-9)19-12(15)16/h1,3-4,7,12H,2,5-6,8H2,(H,17,18). The van der Waals surface area contributed by atoms with Gasteiger partial charge in [0.25, 0.3) is 5.91 Å². The molecule has 1 fully saturated rings. The van der Waals surface area contributed by atoms with Crippen LogP contribution in [0.3, 0.4) is 0 Å². The van der Waals surface area contributed by atoms with Crippen LogP contribution in [0.5, 0.6) is 5.75 Å². The molecule has 1 N–H and O–H groups in total. The molecule has 0 unspecified atom stereocenters. The Balaban J connectivity index is 2.06. The van der Waals surface area contributed by atoms with Crippen molar-refractivity contribution in [1.82, 2.24) is 5.32 Å². The molecule has 1 amide bonds. The average Bonchev–Trinajstić information content (AvgIpc) is 2.33. The van der Waals surface area contributed by atoms with Crippen LogP contribution in [-0.2, 0) is 0 Å². The van der Waals surface area contributed by atoms with Gasteiger partial charge in [0.2, 0.25) is 0 Å². The number of nitrogens with one attached hydrogen (secondary N) is 1. The van der Waals surface area contributed by atoms with Crippen LogP contribution in [0.2, 0.25) is 0 Å². The smallest absolute Gasteiger partial charge is 0.387 e. The van der Waals surface area contributed by atoms with E-state index in [1.165, 1.54) is 18.2 Å². The number of rotatable bonds is 5.